The van der Waals surface area contributed by atoms with E-state index < -0.39 is 0 Å². The molecule has 0 fully saturated rings. The second-order valence-corrected chi connectivity index (χ2v) is 4.05. The molecule has 0 aliphatic heterocycles. The van der Waals surface area contributed by atoms with Gasteiger partial charge < -0.3 is 10.3 Å². The van der Waals surface area contributed by atoms with Crippen molar-refractivity contribution in [1.82, 2.24) is 24.5 Å². The first kappa shape index (κ1) is 10.3. The molecule has 2 N–H and O–H groups in total. The number of imidazole rings is 1. The van der Waals surface area contributed by atoms with Crippen LogP contribution < -0.4 is 5.73 Å². The Morgan fingerprint density at radius 2 is 2.20 bits per heavy atom. The van der Waals surface area contributed by atoms with Crippen LogP contribution in [0.4, 0.5) is 0 Å². The van der Waals surface area contributed by atoms with Crippen LogP contribution in [0.3, 0.4) is 0 Å². The molecule has 6 nitrogen and oxygen atoms in total. The predicted molar refractivity (Wildman–Crippen MR) is 57.9 cm³/mol. The third-order valence-corrected chi connectivity index (χ3v) is 2.86. The van der Waals surface area contributed by atoms with Gasteiger partial charge in [-0.15, -0.1) is 5.10 Å². The SMILES string of the molecule is Cn1cncc1C(N)c1c(Br)nnn1C. The van der Waals surface area contributed by atoms with E-state index in [9.17, 15) is 0 Å². The summed E-state index contributed by atoms with van der Waals surface area (Å²) in [5, 5.41) is 7.78. The molecule has 0 aliphatic rings. The number of rotatable bonds is 2. The Hall–Kier alpha value is -1.21. The highest BCUT2D eigenvalue weighted by Crippen LogP contribution is 2.23. The Morgan fingerprint density at radius 3 is 2.67 bits per heavy atom. The van der Waals surface area contributed by atoms with Gasteiger partial charge in [0.2, 0.25) is 0 Å². The molecule has 2 aromatic heterocycles. The van der Waals surface area contributed by atoms with Crippen molar-refractivity contribution in [2.75, 3.05) is 0 Å². The Balaban J connectivity index is 2.45. The van der Waals surface area contributed by atoms with Crippen molar-refractivity contribution in [2.24, 2.45) is 19.8 Å². The lowest BCUT2D eigenvalue weighted by Crippen LogP contribution is -2.19. The van der Waals surface area contributed by atoms with E-state index in [2.05, 4.69) is 31.2 Å². The largest absolute Gasteiger partial charge is 0.336 e. The van der Waals surface area contributed by atoms with Gasteiger partial charge in [0, 0.05) is 14.1 Å². The van der Waals surface area contributed by atoms with E-state index in [1.807, 2.05) is 18.7 Å². The zero-order chi connectivity index (χ0) is 11.0. The Labute approximate surface area is 95.2 Å². The van der Waals surface area contributed by atoms with E-state index in [1.54, 1.807) is 17.2 Å². The first-order valence-corrected chi connectivity index (χ1v) is 5.17. The van der Waals surface area contributed by atoms with Crippen molar-refractivity contribution in [3.05, 3.63) is 28.5 Å². The molecule has 0 radical (unpaired) electrons. The van der Waals surface area contributed by atoms with Gasteiger partial charge >= 0.3 is 0 Å². The molecule has 0 aliphatic carbocycles. The molecule has 0 amide bonds. The molecule has 15 heavy (non-hydrogen) atoms. The number of aromatic nitrogens is 5. The Morgan fingerprint density at radius 1 is 1.47 bits per heavy atom. The topological polar surface area (TPSA) is 74.6 Å². The quantitative estimate of drug-likeness (QED) is 0.855. The average molecular weight is 271 g/mol. The van der Waals surface area contributed by atoms with Gasteiger partial charge in [0.15, 0.2) is 4.60 Å². The minimum Gasteiger partial charge on any atom is -0.336 e. The van der Waals surface area contributed by atoms with Crippen LogP contribution in [0, 0.1) is 0 Å². The monoisotopic (exact) mass is 270 g/mol. The zero-order valence-electron chi connectivity index (χ0n) is 8.42. The van der Waals surface area contributed by atoms with Crippen LogP contribution in [-0.2, 0) is 14.1 Å². The van der Waals surface area contributed by atoms with Crippen molar-refractivity contribution < 1.29 is 0 Å². The summed E-state index contributed by atoms with van der Waals surface area (Å²) in [4.78, 5) is 4.03. The Kier molecular flexibility index (Phi) is 2.57. The van der Waals surface area contributed by atoms with Crippen LogP contribution in [0.1, 0.15) is 17.4 Å². The summed E-state index contributed by atoms with van der Waals surface area (Å²) >= 11 is 3.32. The summed E-state index contributed by atoms with van der Waals surface area (Å²) in [6.45, 7) is 0. The molecule has 0 bridgehead atoms. The molecule has 0 saturated carbocycles. The molecule has 0 spiro atoms. The summed E-state index contributed by atoms with van der Waals surface area (Å²) in [5.41, 5.74) is 7.87. The van der Waals surface area contributed by atoms with Gasteiger partial charge in [-0.25, -0.2) is 9.67 Å². The van der Waals surface area contributed by atoms with Crippen molar-refractivity contribution in [3.63, 3.8) is 0 Å². The maximum absolute atomic E-state index is 6.12. The van der Waals surface area contributed by atoms with Crippen molar-refractivity contribution in [1.29, 1.82) is 0 Å². The molecule has 1 atom stereocenters. The van der Waals surface area contributed by atoms with Gasteiger partial charge in [-0.2, -0.15) is 0 Å². The van der Waals surface area contributed by atoms with E-state index in [-0.39, 0.29) is 6.04 Å². The number of nitrogens with zero attached hydrogens (tertiary/aromatic N) is 5. The zero-order valence-corrected chi connectivity index (χ0v) is 10.0. The van der Waals surface area contributed by atoms with E-state index >= 15 is 0 Å². The second kappa shape index (κ2) is 3.74. The highest BCUT2D eigenvalue weighted by atomic mass is 79.9. The molecule has 7 heteroatoms. The van der Waals surface area contributed by atoms with Gasteiger partial charge in [-0.3, -0.25) is 0 Å². The average Bonchev–Trinajstić information content (AvgIpc) is 2.73. The molecular formula is C8H11BrN6. The van der Waals surface area contributed by atoms with Crippen LogP contribution in [0.15, 0.2) is 17.1 Å². The highest BCUT2D eigenvalue weighted by molar-refractivity contribution is 9.10. The van der Waals surface area contributed by atoms with Crippen molar-refractivity contribution in [2.45, 2.75) is 6.04 Å². The number of hydrogen-bond donors (Lipinski definition) is 1. The maximum Gasteiger partial charge on any atom is 0.153 e. The summed E-state index contributed by atoms with van der Waals surface area (Å²) in [5.74, 6) is 0. The standard InChI is InChI=1S/C8H11BrN6/c1-14-4-11-3-5(14)6(10)7-8(9)12-13-15(7)2/h3-4,6H,10H2,1-2H3. The van der Waals surface area contributed by atoms with E-state index in [4.69, 9.17) is 5.73 Å². The summed E-state index contributed by atoms with van der Waals surface area (Å²) < 4.78 is 4.20. The van der Waals surface area contributed by atoms with Gasteiger partial charge in [-0.05, 0) is 15.9 Å². The fraction of sp³-hybridized carbons (Fsp3) is 0.375. The van der Waals surface area contributed by atoms with Crippen LogP contribution in [0.25, 0.3) is 0 Å². The van der Waals surface area contributed by atoms with Gasteiger partial charge in [0.25, 0.3) is 0 Å². The normalized spacial score (nSPS) is 13.1. The smallest absolute Gasteiger partial charge is 0.153 e. The van der Waals surface area contributed by atoms with Gasteiger partial charge in [0.1, 0.15) is 0 Å². The Bertz CT molecular complexity index is 454. The van der Waals surface area contributed by atoms with Gasteiger partial charge in [0.05, 0.1) is 30.0 Å². The fourth-order valence-corrected chi connectivity index (χ4v) is 2.05. The number of halogens is 1. The van der Waals surface area contributed by atoms with Crippen molar-refractivity contribution >= 4 is 15.9 Å². The first-order chi connectivity index (χ1) is 7.11. The third-order valence-electron chi connectivity index (χ3n) is 2.29. The van der Waals surface area contributed by atoms with Crippen molar-refractivity contribution in [3.8, 4) is 0 Å². The summed E-state index contributed by atoms with van der Waals surface area (Å²) in [7, 11) is 3.71. The molecule has 80 valence electrons. The van der Waals surface area contributed by atoms with E-state index in [0.717, 1.165) is 11.4 Å². The minimum absolute atomic E-state index is 0.285. The summed E-state index contributed by atoms with van der Waals surface area (Å²) in [6, 6.07) is -0.285. The predicted octanol–water partition coefficient (Wildman–Crippen LogP) is 0.359. The fourth-order valence-electron chi connectivity index (χ4n) is 1.48. The number of aryl methyl sites for hydroxylation is 2. The lowest BCUT2D eigenvalue weighted by Gasteiger charge is -2.12. The lowest BCUT2D eigenvalue weighted by molar-refractivity contribution is 0.631. The molecule has 1 unspecified atom stereocenters. The van der Waals surface area contributed by atoms with Crippen LogP contribution >= 0.6 is 15.9 Å². The molecular weight excluding hydrogens is 260 g/mol. The second-order valence-electron chi connectivity index (χ2n) is 3.30. The third kappa shape index (κ3) is 1.68. The maximum atomic E-state index is 6.12. The molecule has 2 heterocycles. The molecule has 0 aromatic carbocycles. The molecule has 2 rings (SSSR count). The van der Waals surface area contributed by atoms with E-state index in [1.165, 1.54) is 0 Å². The lowest BCUT2D eigenvalue weighted by atomic mass is 10.2. The minimum atomic E-state index is -0.285. The van der Waals surface area contributed by atoms with Gasteiger partial charge in [-0.1, -0.05) is 5.21 Å². The molecule has 0 saturated heterocycles. The van der Waals surface area contributed by atoms with Crippen LogP contribution in [0.2, 0.25) is 0 Å². The van der Waals surface area contributed by atoms with E-state index in [0.29, 0.717) is 4.60 Å². The van der Waals surface area contributed by atoms with Crippen LogP contribution in [-0.4, -0.2) is 24.5 Å². The molecule has 2 aromatic rings. The van der Waals surface area contributed by atoms with Crippen LogP contribution in [0.5, 0.6) is 0 Å². The number of nitrogens with two attached hydrogens (primary N) is 1. The highest BCUT2D eigenvalue weighted by Gasteiger charge is 2.20. The first-order valence-electron chi connectivity index (χ1n) is 4.38. The number of hydrogen-bond acceptors (Lipinski definition) is 4. The summed E-state index contributed by atoms with van der Waals surface area (Å²) in [6.07, 6.45) is 3.46.